The molecule has 0 saturated heterocycles. The number of rotatable bonds is 3. The van der Waals surface area contributed by atoms with E-state index in [9.17, 15) is 0 Å². The lowest BCUT2D eigenvalue weighted by molar-refractivity contribution is 0.577. The number of hydrogen-bond donors (Lipinski definition) is 0. The Morgan fingerprint density at radius 3 is 2.69 bits per heavy atom. The number of nitrogens with zero attached hydrogens (tertiary/aromatic N) is 6. The Kier molecular flexibility index (Phi) is 3.15. The van der Waals surface area contributed by atoms with Crippen molar-refractivity contribution in [3.63, 3.8) is 0 Å². The van der Waals surface area contributed by atoms with Crippen molar-refractivity contribution >= 4 is 16.7 Å². The van der Waals surface area contributed by atoms with E-state index in [4.69, 9.17) is 9.40 Å². The zero-order valence-electron chi connectivity index (χ0n) is 14.4. The van der Waals surface area contributed by atoms with Gasteiger partial charge in [-0.15, -0.1) is 5.10 Å². The summed E-state index contributed by atoms with van der Waals surface area (Å²) >= 11 is 0. The highest BCUT2D eigenvalue weighted by atomic mass is 16.3. The average Bonchev–Trinajstić information content (AvgIpc) is 3.37. The molecule has 0 aromatic carbocycles. The van der Waals surface area contributed by atoms with Crippen LogP contribution >= 0.6 is 0 Å². The molecule has 0 spiro atoms. The van der Waals surface area contributed by atoms with Gasteiger partial charge in [-0.1, -0.05) is 0 Å². The van der Waals surface area contributed by atoms with Crippen molar-refractivity contribution in [3.05, 3.63) is 66.1 Å². The molecule has 0 saturated carbocycles. The van der Waals surface area contributed by atoms with Gasteiger partial charge in [0.2, 0.25) is 5.82 Å². The van der Waals surface area contributed by atoms with E-state index in [1.165, 1.54) is 11.3 Å². The van der Waals surface area contributed by atoms with Crippen molar-refractivity contribution in [2.24, 2.45) is 0 Å². The summed E-state index contributed by atoms with van der Waals surface area (Å²) in [7, 11) is 0. The highest BCUT2D eigenvalue weighted by molar-refractivity contribution is 5.94. The van der Waals surface area contributed by atoms with Crippen LogP contribution in [0.5, 0.6) is 0 Å². The van der Waals surface area contributed by atoms with E-state index in [2.05, 4.69) is 33.5 Å². The Labute approximate surface area is 149 Å². The second-order valence-electron chi connectivity index (χ2n) is 6.28. The second-order valence-corrected chi connectivity index (χ2v) is 6.28. The summed E-state index contributed by atoms with van der Waals surface area (Å²) in [5, 5.41) is 5.52. The Morgan fingerprint density at radius 1 is 1.08 bits per heavy atom. The molecule has 0 aliphatic heterocycles. The van der Waals surface area contributed by atoms with Crippen molar-refractivity contribution in [1.82, 2.24) is 29.1 Å². The Balaban J connectivity index is 1.73. The molecule has 0 N–H and O–H groups in total. The van der Waals surface area contributed by atoms with Gasteiger partial charge < -0.3 is 8.98 Å². The predicted molar refractivity (Wildman–Crippen MR) is 96.8 cm³/mol. The van der Waals surface area contributed by atoms with Gasteiger partial charge in [-0.2, -0.15) is 0 Å². The monoisotopic (exact) mass is 344 g/mol. The zero-order chi connectivity index (χ0) is 17.7. The topological polar surface area (TPSA) is 74.0 Å². The minimum absolute atomic E-state index is 0.559. The summed E-state index contributed by atoms with van der Waals surface area (Å²) in [4.78, 5) is 13.4. The fourth-order valence-corrected chi connectivity index (χ4v) is 3.30. The number of hydrogen-bond acceptors (Lipinski definition) is 5. The first-order chi connectivity index (χ1) is 12.7. The van der Waals surface area contributed by atoms with Crippen molar-refractivity contribution in [3.8, 4) is 11.6 Å². The van der Waals surface area contributed by atoms with Gasteiger partial charge in [-0.05, 0) is 49.2 Å². The molecule has 0 atom stereocenters. The maximum absolute atomic E-state index is 5.43. The normalized spacial score (nSPS) is 11.6. The van der Waals surface area contributed by atoms with E-state index < -0.39 is 0 Å². The maximum atomic E-state index is 5.43. The van der Waals surface area contributed by atoms with Crippen LogP contribution in [0.1, 0.15) is 16.8 Å². The number of pyridine rings is 1. The summed E-state index contributed by atoms with van der Waals surface area (Å²) in [5.74, 6) is 1.20. The fraction of sp³-hybridized carbons (Fsp3) is 0.158. The highest BCUT2D eigenvalue weighted by Crippen LogP contribution is 2.28. The largest absolute Gasteiger partial charge is 0.461 e. The van der Waals surface area contributed by atoms with E-state index >= 15 is 0 Å². The van der Waals surface area contributed by atoms with Gasteiger partial charge >= 0.3 is 0 Å². The fourth-order valence-electron chi connectivity index (χ4n) is 3.30. The van der Waals surface area contributed by atoms with Crippen molar-refractivity contribution < 1.29 is 4.42 Å². The van der Waals surface area contributed by atoms with Crippen LogP contribution in [-0.2, 0) is 6.54 Å². The first-order valence-electron chi connectivity index (χ1n) is 8.36. The van der Waals surface area contributed by atoms with Gasteiger partial charge in [-0.25, -0.2) is 14.5 Å². The summed E-state index contributed by atoms with van der Waals surface area (Å²) in [5.41, 5.74) is 5.20. The third-order valence-corrected chi connectivity index (χ3v) is 4.78. The third-order valence-electron chi connectivity index (χ3n) is 4.78. The third kappa shape index (κ3) is 2.13. The lowest BCUT2D eigenvalue weighted by Crippen LogP contribution is -2.03. The summed E-state index contributed by atoms with van der Waals surface area (Å²) in [6, 6.07) is 7.72. The van der Waals surface area contributed by atoms with Gasteiger partial charge in [0, 0.05) is 24.6 Å². The Bertz CT molecular complexity index is 1220. The van der Waals surface area contributed by atoms with Crippen LogP contribution < -0.4 is 0 Å². The molecule has 5 rings (SSSR count). The molecule has 0 fully saturated rings. The molecule has 0 aliphatic carbocycles. The summed E-state index contributed by atoms with van der Waals surface area (Å²) in [6.45, 7) is 4.95. The van der Waals surface area contributed by atoms with Gasteiger partial charge in [0.05, 0.1) is 11.6 Å². The number of aromatic nitrogens is 6. The number of aryl methyl sites for hydroxylation is 1. The molecule has 7 heteroatoms. The second kappa shape index (κ2) is 5.52. The molecular weight excluding hydrogens is 328 g/mol. The standard InChI is InChI=1S/C19H16N6O/c1-12-13(2)24(10-14-5-7-20-8-6-14)18-16(12)19-22-17(15-4-3-9-26-15)23-25(19)11-21-18/h3-9,11H,10H2,1-2H3. The summed E-state index contributed by atoms with van der Waals surface area (Å²) < 4.78 is 9.35. The molecule has 0 aliphatic rings. The van der Waals surface area contributed by atoms with Crippen LogP contribution in [0.3, 0.4) is 0 Å². The molecule has 7 nitrogen and oxygen atoms in total. The lowest BCUT2D eigenvalue weighted by atomic mass is 10.2. The van der Waals surface area contributed by atoms with Gasteiger partial charge in [-0.3, -0.25) is 4.98 Å². The first-order valence-corrected chi connectivity index (χ1v) is 8.36. The minimum Gasteiger partial charge on any atom is -0.461 e. The van der Waals surface area contributed by atoms with Gasteiger partial charge in [0.25, 0.3) is 0 Å². The van der Waals surface area contributed by atoms with Crippen LogP contribution in [0.15, 0.2) is 53.7 Å². The molecule has 0 bridgehead atoms. The van der Waals surface area contributed by atoms with Crippen LogP contribution in [0.4, 0.5) is 0 Å². The number of furan rings is 1. The number of fused-ring (bicyclic) bond motifs is 3. The molecule has 128 valence electrons. The molecule has 5 aromatic rings. The van der Waals surface area contributed by atoms with Crippen molar-refractivity contribution in [1.29, 1.82) is 0 Å². The van der Waals surface area contributed by atoms with Gasteiger partial charge in [0.15, 0.2) is 11.4 Å². The lowest BCUT2D eigenvalue weighted by Gasteiger charge is -2.07. The average molecular weight is 344 g/mol. The molecule has 5 aromatic heterocycles. The molecule has 0 amide bonds. The first kappa shape index (κ1) is 14.8. The molecular formula is C19H16N6O. The van der Waals surface area contributed by atoms with Crippen molar-refractivity contribution in [2.45, 2.75) is 20.4 Å². The highest BCUT2D eigenvalue weighted by Gasteiger charge is 2.19. The van der Waals surface area contributed by atoms with E-state index in [0.29, 0.717) is 11.6 Å². The van der Waals surface area contributed by atoms with Gasteiger partial charge in [0.1, 0.15) is 12.0 Å². The van der Waals surface area contributed by atoms with E-state index in [-0.39, 0.29) is 0 Å². The quantitative estimate of drug-likeness (QED) is 0.501. The SMILES string of the molecule is Cc1c(C)n(Cc2ccncc2)c2ncn3nc(-c4ccco4)nc3c12. The smallest absolute Gasteiger partial charge is 0.217 e. The van der Waals surface area contributed by atoms with E-state index in [0.717, 1.165) is 28.8 Å². The maximum Gasteiger partial charge on any atom is 0.217 e. The predicted octanol–water partition coefficient (Wildman–Crippen LogP) is 3.40. The Hall–Kier alpha value is -3.48. The van der Waals surface area contributed by atoms with Crippen LogP contribution in [-0.4, -0.2) is 29.1 Å². The zero-order valence-corrected chi connectivity index (χ0v) is 14.4. The molecule has 0 radical (unpaired) electrons. The van der Waals surface area contributed by atoms with Crippen molar-refractivity contribution in [2.75, 3.05) is 0 Å². The molecule has 0 unspecified atom stereocenters. The van der Waals surface area contributed by atoms with Crippen LogP contribution in [0.25, 0.3) is 28.3 Å². The molecule has 26 heavy (non-hydrogen) atoms. The van der Waals surface area contributed by atoms with E-state index in [1.54, 1.807) is 17.1 Å². The van der Waals surface area contributed by atoms with Crippen LogP contribution in [0.2, 0.25) is 0 Å². The Morgan fingerprint density at radius 2 is 1.92 bits per heavy atom. The van der Waals surface area contributed by atoms with E-state index in [1.807, 2.05) is 36.7 Å². The molecule has 5 heterocycles. The minimum atomic E-state index is 0.559. The van der Waals surface area contributed by atoms with Crippen LogP contribution in [0, 0.1) is 13.8 Å². The summed E-state index contributed by atoms with van der Waals surface area (Å²) in [6.07, 6.45) is 6.94.